The van der Waals surface area contributed by atoms with E-state index in [0.717, 1.165) is 16.5 Å². The van der Waals surface area contributed by atoms with Gasteiger partial charge in [0.15, 0.2) is 0 Å². The Hall–Kier alpha value is -8.28. The Kier molecular flexibility index (Phi) is 32.6. The zero-order chi connectivity index (χ0) is 65.1. The van der Waals surface area contributed by atoms with E-state index < -0.39 is 65.3 Å². The second-order valence-corrected chi connectivity index (χ2v) is 24.4. The number of nitrogens with two attached hydrogens (primary N) is 1. The molecule has 8 N–H and O–H groups in total. The molecule has 0 fully saturated rings. The molecule has 3 aromatic rings. The van der Waals surface area contributed by atoms with Gasteiger partial charge in [-0.05, 0) is 149 Å². The second kappa shape index (κ2) is 38.8. The highest BCUT2D eigenvalue weighted by Crippen LogP contribution is 2.30. The molecule has 88 heavy (non-hydrogen) atoms. The maximum Gasteiger partial charge on any atom is 0.410 e. The number of carbonyl (C=O) groups is 9. The van der Waals surface area contributed by atoms with Gasteiger partial charge in [0.25, 0.3) is 0 Å². The Labute approximate surface area is 517 Å². The normalized spacial score (nSPS) is 11.7. The molecule has 0 saturated heterocycles. The van der Waals surface area contributed by atoms with Crippen LogP contribution >= 0.6 is 0 Å². The number of primary amides is 1. The third-order valence-electron chi connectivity index (χ3n) is 13.0. The number of carbonyl (C=O) groups excluding carboxylic acids is 9. The topological polar surface area (TPSA) is 351 Å². The number of amides is 9. The molecule has 0 spiro atoms. The van der Waals surface area contributed by atoms with Gasteiger partial charge in [-0.3, -0.25) is 28.8 Å². The lowest BCUT2D eigenvalue weighted by atomic mass is 10.1. The molecule has 0 saturated carbocycles. The maximum atomic E-state index is 13.3. The van der Waals surface area contributed by atoms with E-state index in [1.165, 1.54) is 14.7 Å². The van der Waals surface area contributed by atoms with Gasteiger partial charge in [0.2, 0.25) is 35.4 Å². The van der Waals surface area contributed by atoms with Crippen molar-refractivity contribution >= 4 is 64.6 Å². The summed E-state index contributed by atoms with van der Waals surface area (Å²) in [4.78, 5) is 127. The van der Waals surface area contributed by atoms with Gasteiger partial charge in [-0.15, -0.1) is 0 Å². The first-order valence-electron chi connectivity index (χ1n) is 30.5. The third kappa shape index (κ3) is 32.5. The standard InChI is InChI=1S/C62H97N13O13/c1-60(2,3)86-57(82)73(35-19-16-31-66-52(78)28-39-74(58(83)87-61(4,5)6)36-20-17-32-67-53(79)29-40-75(37-21-18-34-70-72-64)59(84)88-62(7,8)9)38-27-51(77)65-30-14-11-15-33-68-56(81)48(42-50(63)76)71-54(80)41-46-43-69-47-25-22-26-49(55(46)47)85-44-45-23-12-10-13-24-45/h10,12-13,22-26,43,48,69H,11,14-21,27-42,44H2,1-9H3,(H2,63,76)(H,65,77)(H,66,78)(H,67,79)(H,68,81)(H,71,80)/t48-/m0/s1. The predicted octanol–water partition coefficient (Wildman–Crippen LogP) is 7.82. The van der Waals surface area contributed by atoms with Crippen LogP contribution in [0.4, 0.5) is 14.4 Å². The molecule has 0 radical (unpaired) electrons. The van der Waals surface area contributed by atoms with Crippen molar-refractivity contribution in [2.45, 2.75) is 182 Å². The SMILES string of the molecule is CC(C)(C)OC(=O)N(CCCCN=[N+]=[N-])CCC(=O)NCCCCN(CCC(=O)NCCCCN(CCC(=O)NCCCCCNC(=O)[C@H](CC(N)=O)NC(=O)Cc1c[nH]c2cccc(OCc3ccccc3)c12)C(=O)OC(C)(C)C)C(=O)OC(C)(C)C. The number of fused-ring (bicyclic) bond motifs is 1. The Morgan fingerprint density at radius 1 is 0.568 bits per heavy atom. The van der Waals surface area contributed by atoms with Crippen molar-refractivity contribution in [1.82, 2.24) is 46.3 Å². The summed E-state index contributed by atoms with van der Waals surface area (Å²) in [5, 5.41) is 18.3. The van der Waals surface area contributed by atoms with Gasteiger partial charge in [0, 0.05) is 113 Å². The molecule has 0 unspecified atom stereocenters. The fraction of sp³-hybridized carbons (Fsp3) is 0.629. The minimum absolute atomic E-state index is 0.00802. The van der Waals surface area contributed by atoms with Crippen LogP contribution in [0.1, 0.15) is 157 Å². The molecule has 0 aliphatic heterocycles. The Balaban J connectivity index is 1.37. The summed E-state index contributed by atoms with van der Waals surface area (Å²) in [7, 11) is 0. The van der Waals surface area contributed by atoms with E-state index in [0.29, 0.717) is 108 Å². The molecule has 3 rings (SSSR count). The van der Waals surface area contributed by atoms with Crippen molar-refractivity contribution in [3.05, 3.63) is 76.3 Å². The highest BCUT2D eigenvalue weighted by molar-refractivity contribution is 5.95. The lowest BCUT2D eigenvalue weighted by molar-refractivity contribution is -0.131. The second-order valence-electron chi connectivity index (χ2n) is 24.4. The number of aromatic amines is 1. The van der Waals surface area contributed by atoms with Crippen molar-refractivity contribution in [3.8, 4) is 5.75 Å². The third-order valence-corrected chi connectivity index (χ3v) is 13.0. The number of unbranched alkanes of at least 4 members (excludes halogenated alkanes) is 5. The van der Waals surface area contributed by atoms with Crippen molar-refractivity contribution in [2.24, 2.45) is 10.8 Å². The predicted molar refractivity (Wildman–Crippen MR) is 333 cm³/mol. The molecule has 1 heterocycles. The molecular formula is C62H97N13O13. The number of H-pyrrole nitrogens is 1. The number of nitrogens with zero attached hydrogens (tertiary/aromatic N) is 6. The summed E-state index contributed by atoms with van der Waals surface area (Å²) in [5.41, 5.74) is 14.1. The first-order chi connectivity index (χ1) is 41.6. The van der Waals surface area contributed by atoms with E-state index in [9.17, 15) is 43.2 Å². The molecule has 9 amide bonds. The van der Waals surface area contributed by atoms with Crippen LogP contribution in [-0.4, -0.2) is 168 Å². The minimum atomic E-state index is -1.18. The van der Waals surface area contributed by atoms with Crippen LogP contribution in [-0.2, 0) is 56.0 Å². The fourth-order valence-electron chi connectivity index (χ4n) is 8.71. The van der Waals surface area contributed by atoms with Gasteiger partial charge in [0.05, 0.1) is 12.8 Å². The Bertz CT molecular complexity index is 2750. The average Bonchev–Trinajstić information content (AvgIpc) is 2.65. The van der Waals surface area contributed by atoms with E-state index in [1.54, 1.807) is 68.5 Å². The molecule has 26 heteroatoms. The van der Waals surface area contributed by atoms with E-state index in [-0.39, 0.29) is 82.7 Å². The number of rotatable bonds is 39. The molecule has 0 aliphatic rings. The Morgan fingerprint density at radius 3 is 1.48 bits per heavy atom. The van der Waals surface area contributed by atoms with Crippen LogP contribution in [0.15, 0.2) is 59.8 Å². The smallest absolute Gasteiger partial charge is 0.410 e. The summed E-state index contributed by atoms with van der Waals surface area (Å²) in [6.07, 6.45) is 4.61. The van der Waals surface area contributed by atoms with Gasteiger partial charge in [-0.25, -0.2) is 14.4 Å². The highest BCUT2D eigenvalue weighted by Gasteiger charge is 2.27. The number of hydrogen-bond donors (Lipinski definition) is 7. The highest BCUT2D eigenvalue weighted by atomic mass is 16.6. The van der Waals surface area contributed by atoms with E-state index in [4.69, 9.17) is 30.2 Å². The van der Waals surface area contributed by atoms with Crippen LogP contribution in [0.3, 0.4) is 0 Å². The van der Waals surface area contributed by atoms with Gasteiger partial charge in [-0.2, -0.15) is 0 Å². The number of benzene rings is 2. The zero-order valence-electron chi connectivity index (χ0n) is 53.2. The van der Waals surface area contributed by atoms with Crippen LogP contribution in [0.25, 0.3) is 21.3 Å². The van der Waals surface area contributed by atoms with Crippen molar-refractivity contribution in [3.63, 3.8) is 0 Å². The van der Waals surface area contributed by atoms with Gasteiger partial charge < -0.3 is 70.9 Å². The molecule has 1 aromatic heterocycles. The van der Waals surface area contributed by atoms with Crippen molar-refractivity contribution in [2.75, 3.05) is 72.0 Å². The van der Waals surface area contributed by atoms with Gasteiger partial charge >= 0.3 is 18.3 Å². The van der Waals surface area contributed by atoms with E-state index in [2.05, 4.69) is 41.6 Å². The van der Waals surface area contributed by atoms with Crippen molar-refractivity contribution < 1.29 is 62.1 Å². The van der Waals surface area contributed by atoms with Crippen molar-refractivity contribution in [1.29, 1.82) is 0 Å². The number of nitrogens with one attached hydrogen (secondary N) is 6. The van der Waals surface area contributed by atoms with Gasteiger partial charge in [-0.1, -0.05) is 41.5 Å². The molecule has 0 aliphatic carbocycles. The van der Waals surface area contributed by atoms with Crippen LogP contribution in [0.2, 0.25) is 0 Å². The summed E-state index contributed by atoms with van der Waals surface area (Å²) in [6, 6.07) is 14.0. The van der Waals surface area contributed by atoms with Crippen LogP contribution in [0.5, 0.6) is 5.75 Å². The number of ether oxygens (including phenoxy) is 4. The zero-order valence-corrected chi connectivity index (χ0v) is 53.2. The Morgan fingerprint density at radius 2 is 1.02 bits per heavy atom. The molecule has 26 nitrogen and oxygen atoms in total. The summed E-state index contributed by atoms with van der Waals surface area (Å²) in [6.45, 7) is 18.9. The molecule has 2 aromatic carbocycles. The molecule has 1 atom stereocenters. The first-order valence-corrected chi connectivity index (χ1v) is 30.5. The maximum absolute atomic E-state index is 13.3. The lowest BCUT2D eigenvalue weighted by Gasteiger charge is -2.27. The largest absolute Gasteiger partial charge is 0.488 e. The monoisotopic (exact) mass is 1230 g/mol. The van der Waals surface area contributed by atoms with Crippen LogP contribution < -0.4 is 37.1 Å². The fourth-order valence-corrected chi connectivity index (χ4v) is 8.71. The quantitative estimate of drug-likeness (QED) is 0.00943. The van der Waals surface area contributed by atoms with E-state index >= 15 is 0 Å². The lowest BCUT2D eigenvalue weighted by Crippen LogP contribution is -2.49. The van der Waals surface area contributed by atoms with Gasteiger partial charge in [0.1, 0.15) is 35.2 Å². The van der Waals surface area contributed by atoms with Crippen LogP contribution in [0, 0.1) is 0 Å². The number of hydrogen-bond acceptors (Lipinski definition) is 14. The molecular weight excluding hydrogens is 1130 g/mol. The summed E-state index contributed by atoms with van der Waals surface area (Å²) >= 11 is 0. The minimum Gasteiger partial charge on any atom is -0.488 e. The molecule has 488 valence electrons. The molecule has 0 bridgehead atoms. The van der Waals surface area contributed by atoms with E-state index in [1.807, 2.05) is 48.5 Å². The first kappa shape index (κ1) is 74.0. The summed E-state index contributed by atoms with van der Waals surface area (Å²) < 4.78 is 22.9. The average molecular weight is 1230 g/mol. The number of aromatic nitrogens is 1. The number of azide groups is 1. The summed E-state index contributed by atoms with van der Waals surface area (Å²) in [5.74, 6) is -1.99.